The molecule has 0 aromatic rings. The Hall–Kier alpha value is -4.36. The van der Waals surface area contributed by atoms with Crippen LogP contribution in [0.1, 0.15) is 81.1 Å². The molecule has 19 nitrogen and oxygen atoms in total. The molecule has 0 fully saturated rings. The highest BCUT2D eigenvalue weighted by atomic mass is 16.4. The van der Waals surface area contributed by atoms with Crippen LogP contribution in [0.4, 0.5) is 0 Å². The zero-order valence-electron chi connectivity index (χ0n) is 31.4. The van der Waals surface area contributed by atoms with Crippen LogP contribution in [-0.4, -0.2) is 118 Å². The summed E-state index contributed by atoms with van der Waals surface area (Å²) in [6.07, 6.45) is 0.0733. The van der Waals surface area contributed by atoms with E-state index in [4.69, 9.17) is 11.5 Å². The van der Waals surface area contributed by atoms with E-state index in [2.05, 4.69) is 31.9 Å². The highest BCUT2D eigenvalue weighted by molar-refractivity contribution is 5.98. The largest absolute Gasteiger partial charge is 0.481 e. The van der Waals surface area contributed by atoms with Gasteiger partial charge in [-0.2, -0.15) is 0 Å². The second-order valence-corrected chi connectivity index (χ2v) is 14.0. The zero-order valence-corrected chi connectivity index (χ0v) is 31.4. The van der Waals surface area contributed by atoms with Crippen molar-refractivity contribution >= 4 is 47.4 Å². The monoisotopic (exact) mass is 744 g/mol. The topological polar surface area (TPSA) is 321 Å². The number of nitrogens with two attached hydrogens (primary N) is 2. The van der Waals surface area contributed by atoms with Crippen molar-refractivity contribution in [2.45, 2.75) is 123 Å². The average Bonchev–Trinajstić information content (AvgIpc) is 3.04. The van der Waals surface area contributed by atoms with Gasteiger partial charge in [0, 0.05) is 0 Å². The second-order valence-electron chi connectivity index (χ2n) is 14.0. The molecule has 0 unspecified atom stereocenters. The molecule has 0 aliphatic rings. The summed E-state index contributed by atoms with van der Waals surface area (Å²) in [5, 5.41) is 43.0. The minimum Gasteiger partial charge on any atom is -0.481 e. The number of amides is 6. The first-order valence-electron chi connectivity index (χ1n) is 17.4. The van der Waals surface area contributed by atoms with Gasteiger partial charge in [0.2, 0.25) is 35.4 Å². The van der Waals surface area contributed by atoms with Crippen molar-refractivity contribution in [3.8, 4) is 0 Å². The summed E-state index contributed by atoms with van der Waals surface area (Å²) in [5.74, 6) is -9.85. The minimum atomic E-state index is -1.79. The SMILES string of the molecule is CC(C)[C@H](N)C(=O)N[C@H](C(=O)N[C@@H](CCCCN)C(=O)N[C@H](C(=O)N[C@@H](CC(=O)O)C(=O)N[C@@H](CO)C(=O)N[C@H](C(=O)O)C(C)C)C(C)C)C(C)C. The zero-order chi connectivity index (χ0) is 40.5. The molecule has 52 heavy (non-hydrogen) atoms. The molecule has 7 atom stereocenters. The molecule has 0 aromatic carbocycles. The number of nitrogens with one attached hydrogen (secondary N) is 6. The van der Waals surface area contributed by atoms with E-state index >= 15 is 0 Å². The van der Waals surface area contributed by atoms with Crippen molar-refractivity contribution in [3.05, 3.63) is 0 Å². The summed E-state index contributed by atoms with van der Waals surface area (Å²) >= 11 is 0. The molecular formula is C33H60N8O11. The van der Waals surface area contributed by atoms with Gasteiger partial charge in [-0.1, -0.05) is 55.4 Å². The molecule has 0 aromatic heterocycles. The Kier molecular flexibility index (Phi) is 21.3. The molecule has 0 radical (unpaired) electrons. The second kappa shape index (κ2) is 23.3. The third-order valence-electron chi connectivity index (χ3n) is 8.15. The van der Waals surface area contributed by atoms with Gasteiger partial charge in [0.05, 0.1) is 19.1 Å². The van der Waals surface area contributed by atoms with E-state index in [9.17, 15) is 53.7 Å². The Morgan fingerprint density at radius 2 is 0.923 bits per heavy atom. The average molecular weight is 745 g/mol. The number of hydrogen-bond acceptors (Lipinski definition) is 11. The van der Waals surface area contributed by atoms with Crippen LogP contribution in [0.25, 0.3) is 0 Å². The molecule has 0 spiro atoms. The number of carboxylic acid groups (broad SMARTS) is 2. The van der Waals surface area contributed by atoms with E-state index in [1.54, 1.807) is 41.5 Å². The third-order valence-corrected chi connectivity index (χ3v) is 8.15. The maximum Gasteiger partial charge on any atom is 0.326 e. The Bertz CT molecular complexity index is 1240. The number of carbonyl (C=O) groups is 8. The predicted molar refractivity (Wildman–Crippen MR) is 189 cm³/mol. The van der Waals surface area contributed by atoms with Crippen LogP contribution in [0.2, 0.25) is 0 Å². The van der Waals surface area contributed by atoms with Crippen molar-refractivity contribution in [1.82, 2.24) is 31.9 Å². The van der Waals surface area contributed by atoms with Crippen LogP contribution in [0.5, 0.6) is 0 Å². The van der Waals surface area contributed by atoms with Crippen molar-refractivity contribution in [2.75, 3.05) is 13.2 Å². The third kappa shape index (κ3) is 16.3. The standard InChI is InChI=1S/C33H60N8O11/c1-15(2)23(35)30(48)40-25(17(5)6)31(49)36-19(11-9-10-12-34)27(45)39-24(16(3)4)32(50)37-20(13-22(43)44)28(46)38-21(14-42)29(47)41-26(18(7)8)33(51)52/h15-21,23-26,42H,9-14,34-35H2,1-8H3,(H,36,49)(H,37,50)(H,38,46)(H,39,45)(H,40,48)(H,41,47)(H,43,44)(H,51,52)/t19-,20-,21-,23-,24-,25-,26-/m0/s1. The van der Waals surface area contributed by atoms with Gasteiger partial charge >= 0.3 is 11.9 Å². The summed E-state index contributed by atoms with van der Waals surface area (Å²) in [6.45, 7) is 12.4. The van der Waals surface area contributed by atoms with E-state index in [1.165, 1.54) is 13.8 Å². The summed E-state index contributed by atoms with van der Waals surface area (Å²) in [7, 11) is 0. The van der Waals surface area contributed by atoms with Crippen molar-refractivity contribution in [1.29, 1.82) is 0 Å². The van der Waals surface area contributed by atoms with Gasteiger partial charge in [-0.15, -0.1) is 0 Å². The number of carbonyl (C=O) groups excluding carboxylic acids is 6. The van der Waals surface area contributed by atoms with Gasteiger partial charge in [0.25, 0.3) is 0 Å². The number of aliphatic hydroxyl groups excluding tert-OH is 1. The lowest BCUT2D eigenvalue weighted by atomic mass is 9.98. The van der Waals surface area contributed by atoms with E-state index in [-0.39, 0.29) is 12.3 Å². The fraction of sp³-hybridized carbons (Fsp3) is 0.758. The molecule has 19 heteroatoms. The Morgan fingerprint density at radius 1 is 0.519 bits per heavy atom. The molecular weight excluding hydrogens is 684 g/mol. The molecule has 0 bridgehead atoms. The smallest absolute Gasteiger partial charge is 0.326 e. The Morgan fingerprint density at radius 3 is 1.33 bits per heavy atom. The fourth-order valence-corrected chi connectivity index (χ4v) is 4.78. The molecule has 0 heterocycles. The van der Waals surface area contributed by atoms with E-state index in [0.717, 1.165) is 0 Å². The number of hydrogen-bond donors (Lipinski definition) is 11. The van der Waals surface area contributed by atoms with Crippen LogP contribution < -0.4 is 43.4 Å². The first-order chi connectivity index (χ1) is 24.1. The summed E-state index contributed by atoms with van der Waals surface area (Å²) < 4.78 is 0. The fourth-order valence-electron chi connectivity index (χ4n) is 4.78. The van der Waals surface area contributed by atoms with Gasteiger partial charge in [0.1, 0.15) is 36.3 Å². The van der Waals surface area contributed by atoms with Gasteiger partial charge in [-0.05, 0) is 49.5 Å². The first-order valence-corrected chi connectivity index (χ1v) is 17.4. The number of unbranched alkanes of at least 4 members (excludes halogenated alkanes) is 1. The Labute approximate surface area is 304 Å². The summed E-state index contributed by atoms with van der Waals surface area (Å²) in [6, 6.07) is -9.31. The number of aliphatic carboxylic acids is 2. The lowest BCUT2D eigenvalue weighted by Gasteiger charge is -2.29. The molecule has 13 N–H and O–H groups in total. The summed E-state index contributed by atoms with van der Waals surface area (Å²) in [5.41, 5.74) is 11.6. The van der Waals surface area contributed by atoms with Crippen LogP contribution in [0.3, 0.4) is 0 Å². The van der Waals surface area contributed by atoms with Gasteiger partial charge < -0.3 is 58.7 Å². The molecule has 0 rings (SSSR count). The van der Waals surface area contributed by atoms with Gasteiger partial charge in [-0.25, -0.2) is 4.79 Å². The first kappa shape index (κ1) is 47.6. The molecule has 0 saturated heterocycles. The number of aliphatic hydroxyl groups is 1. The van der Waals surface area contributed by atoms with E-state index in [0.29, 0.717) is 19.4 Å². The molecule has 6 amide bonds. The lowest BCUT2D eigenvalue weighted by Crippen LogP contribution is -2.61. The predicted octanol–water partition coefficient (Wildman–Crippen LogP) is -2.47. The lowest BCUT2D eigenvalue weighted by molar-refractivity contribution is -0.144. The minimum absolute atomic E-state index is 0.111. The van der Waals surface area contributed by atoms with Crippen LogP contribution >= 0.6 is 0 Å². The molecule has 0 aliphatic heterocycles. The van der Waals surface area contributed by atoms with Crippen LogP contribution in [0, 0.1) is 23.7 Å². The highest BCUT2D eigenvalue weighted by Gasteiger charge is 2.36. The maximum absolute atomic E-state index is 13.6. The molecule has 0 aliphatic carbocycles. The quantitative estimate of drug-likeness (QED) is 0.0457. The van der Waals surface area contributed by atoms with Crippen LogP contribution in [-0.2, 0) is 38.4 Å². The van der Waals surface area contributed by atoms with Gasteiger partial charge in [0.15, 0.2) is 0 Å². The van der Waals surface area contributed by atoms with Crippen LogP contribution in [0.15, 0.2) is 0 Å². The van der Waals surface area contributed by atoms with Crippen molar-refractivity contribution in [2.24, 2.45) is 35.1 Å². The van der Waals surface area contributed by atoms with Gasteiger partial charge in [-0.3, -0.25) is 33.6 Å². The highest BCUT2D eigenvalue weighted by Crippen LogP contribution is 2.10. The van der Waals surface area contributed by atoms with Crippen molar-refractivity contribution < 1.29 is 53.7 Å². The Balaban J connectivity index is 6.13. The maximum atomic E-state index is 13.6. The summed E-state index contributed by atoms with van der Waals surface area (Å²) in [4.78, 5) is 102. The van der Waals surface area contributed by atoms with E-state index in [1.807, 2.05) is 0 Å². The molecule has 298 valence electrons. The van der Waals surface area contributed by atoms with Crippen molar-refractivity contribution in [3.63, 3.8) is 0 Å². The number of carboxylic acids is 2. The molecule has 0 saturated carbocycles. The van der Waals surface area contributed by atoms with E-state index < -0.39 is 120 Å². The normalized spacial score (nSPS) is 15.4. The number of rotatable bonds is 24.